The molecule has 0 aliphatic carbocycles. The molecule has 0 aliphatic rings. The van der Waals surface area contributed by atoms with Gasteiger partial charge in [0, 0.05) is 23.2 Å². The van der Waals surface area contributed by atoms with Crippen molar-refractivity contribution < 1.29 is 39.9 Å². The zero-order valence-corrected chi connectivity index (χ0v) is 25.2. The van der Waals surface area contributed by atoms with Crippen LogP contribution in [0, 0.1) is 55.4 Å². The number of fused-ring (bicyclic) bond motifs is 3. The number of benzene rings is 2. The van der Waals surface area contributed by atoms with Gasteiger partial charge in [-0.2, -0.15) is 0 Å². The molecule has 0 bridgehead atoms. The average molecular weight is 605 g/mol. The predicted octanol–water partition coefficient (Wildman–Crippen LogP) is 5.10. The molecule has 2 N–H and O–H groups in total. The van der Waals surface area contributed by atoms with Crippen molar-refractivity contribution in [3.63, 3.8) is 0 Å². The SMILES string of the molecule is C[CH+]C.Cc1c(C)c(C)c(C)c(C)c1C.Oc1ccnc2c1ccc1c(O)ccnc12.[CH3-].[Cl-].[Cl][Ru+]. The molecule has 0 atom stereocenters. The summed E-state index contributed by atoms with van der Waals surface area (Å²) in [5.74, 6) is 0.328. The van der Waals surface area contributed by atoms with Crippen molar-refractivity contribution in [3.8, 4) is 11.5 Å². The standard InChI is InChI=1S/C12H8N2O2.C12H18.C3H7.CH3.2ClH.Ru/c15-9-3-5-13-11-7(9)1-2-8-10(16)4-6-14-12(8)11;1-7-8(2)10(4)12(6)11(5)9(7)3;1-3-2;;;;/h1-6H,(H,13,15)(H,14,16);1-6H3;3H,1-2H3;1H3;2*1H;/q;;+1;-1;;;+2/p-2. The summed E-state index contributed by atoms with van der Waals surface area (Å²) in [5, 5.41) is 20.6. The van der Waals surface area contributed by atoms with Crippen molar-refractivity contribution in [3.05, 3.63) is 83.9 Å². The van der Waals surface area contributed by atoms with Crippen molar-refractivity contribution >= 4 is 31.5 Å². The summed E-state index contributed by atoms with van der Waals surface area (Å²) < 4.78 is 0. The fourth-order valence-electron chi connectivity index (χ4n) is 3.49. The molecule has 0 spiro atoms. The van der Waals surface area contributed by atoms with E-state index in [-0.39, 0.29) is 31.3 Å². The third-order valence-electron chi connectivity index (χ3n) is 5.95. The van der Waals surface area contributed by atoms with E-state index < -0.39 is 0 Å². The molecule has 0 saturated heterocycles. The van der Waals surface area contributed by atoms with E-state index >= 15 is 0 Å². The van der Waals surface area contributed by atoms with E-state index in [0.717, 1.165) is 0 Å². The number of aromatic hydroxyl groups is 2. The van der Waals surface area contributed by atoms with Gasteiger partial charge in [0.05, 0.1) is 20.3 Å². The minimum atomic E-state index is 0. The second-order valence-corrected chi connectivity index (χ2v) is 7.85. The molecule has 0 saturated carbocycles. The predicted molar refractivity (Wildman–Crippen MR) is 143 cm³/mol. The first-order valence-corrected chi connectivity index (χ1v) is 12.8. The number of hydrogen-bond acceptors (Lipinski definition) is 4. The Bertz CT molecular complexity index is 1070. The Morgan fingerprint density at radius 3 is 1.09 bits per heavy atom. The van der Waals surface area contributed by atoms with Crippen LogP contribution in [-0.2, 0) is 17.3 Å². The maximum absolute atomic E-state index is 9.67. The zero-order valence-electron chi connectivity index (χ0n) is 21.9. The van der Waals surface area contributed by atoms with Gasteiger partial charge in [-0.05, 0) is 99.2 Å². The summed E-state index contributed by atoms with van der Waals surface area (Å²) in [6.07, 6.45) is 5.03. The summed E-state index contributed by atoms with van der Waals surface area (Å²) in [7, 11) is 4.57. The van der Waals surface area contributed by atoms with Crippen LogP contribution < -0.4 is 12.4 Å². The molecular formula is C28H36Cl2N2O2Ru. The Kier molecular flexibility index (Phi) is 16.6. The van der Waals surface area contributed by atoms with E-state index in [1.807, 2.05) is 37.6 Å². The van der Waals surface area contributed by atoms with Crippen molar-refractivity contribution in [2.24, 2.45) is 0 Å². The summed E-state index contributed by atoms with van der Waals surface area (Å²) in [4.78, 5) is 8.36. The maximum atomic E-state index is 9.67. The Hall–Kier alpha value is -2.07. The molecule has 0 unspecified atom stereocenters. The molecule has 2 heterocycles. The molecule has 4 aromatic rings. The van der Waals surface area contributed by atoms with Gasteiger partial charge in [-0.1, -0.05) is 0 Å². The van der Waals surface area contributed by atoms with Crippen LogP contribution in [0.5, 0.6) is 11.5 Å². The molecule has 2 aromatic carbocycles. The van der Waals surface area contributed by atoms with Crippen LogP contribution in [0.3, 0.4) is 0 Å². The first-order chi connectivity index (χ1) is 15.6. The number of hydrogen-bond donors (Lipinski definition) is 2. The molecule has 7 heteroatoms. The number of aromatic nitrogens is 2. The van der Waals surface area contributed by atoms with Crippen molar-refractivity contribution in [2.45, 2.75) is 55.4 Å². The minimum absolute atomic E-state index is 0. The van der Waals surface area contributed by atoms with E-state index in [2.05, 4.69) is 61.2 Å². The molecule has 0 fully saturated rings. The van der Waals surface area contributed by atoms with Gasteiger partial charge < -0.3 is 30.0 Å². The van der Waals surface area contributed by atoms with Crippen molar-refractivity contribution in [1.29, 1.82) is 0 Å². The van der Waals surface area contributed by atoms with Gasteiger partial charge in [0.15, 0.2) is 0 Å². The van der Waals surface area contributed by atoms with Gasteiger partial charge in [-0.3, -0.25) is 9.97 Å². The average Bonchev–Trinajstić information content (AvgIpc) is 2.83. The summed E-state index contributed by atoms with van der Waals surface area (Å²) in [6, 6.07) is 6.50. The quantitative estimate of drug-likeness (QED) is 0.167. The van der Waals surface area contributed by atoms with Crippen LogP contribution in [0.1, 0.15) is 47.2 Å². The van der Waals surface area contributed by atoms with E-state index in [1.54, 1.807) is 12.1 Å². The zero-order chi connectivity index (χ0) is 25.3. The van der Waals surface area contributed by atoms with E-state index in [4.69, 9.17) is 0 Å². The van der Waals surface area contributed by atoms with Crippen LogP contribution in [0.25, 0.3) is 21.8 Å². The van der Waals surface area contributed by atoms with Gasteiger partial charge in [0.25, 0.3) is 0 Å². The van der Waals surface area contributed by atoms with Gasteiger partial charge in [-0.15, -0.1) is 0 Å². The Labute approximate surface area is 231 Å². The van der Waals surface area contributed by atoms with Crippen LogP contribution in [0.2, 0.25) is 0 Å². The van der Waals surface area contributed by atoms with Crippen molar-refractivity contribution in [2.75, 3.05) is 0 Å². The van der Waals surface area contributed by atoms with Gasteiger partial charge >= 0.3 is 27.0 Å². The normalized spacial score (nSPS) is 9.20. The third-order valence-corrected chi connectivity index (χ3v) is 5.95. The second-order valence-electron chi connectivity index (χ2n) is 7.85. The molecule has 192 valence electrons. The van der Waals surface area contributed by atoms with Crippen molar-refractivity contribution in [1.82, 2.24) is 9.97 Å². The first-order valence-electron chi connectivity index (χ1n) is 10.6. The number of pyridine rings is 2. The molecule has 0 amide bonds. The van der Waals surface area contributed by atoms with E-state index in [9.17, 15) is 10.2 Å². The molecule has 0 radical (unpaired) electrons. The second kappa shape index (κ2) is 16.6. The molecule has 4 rings (SSSR count). The summed E-state index contributed by atoms with van der Waals surface area (Å²) >= 11 is 1.82. The third kappa shape index (κ3) is 8.24. The molecule has 4 nitrogen and oxygen atoms in total. The molecule has 2 aromatic heterocycles. The van der Waals surface area contributed by atoms with E-state index in [0.29, 0.717) is 21.8 Å². The summed E-state index contributed by atoms with van der Waals surface area (Å²) in [5.41, 5.74) is 9.91. The molecule has 0 aliphatic heterocycles. The number of rotatable bonds is 0. The molecule has 35 heavy (non-hydrogen) atoms. The molecular weight excluding hydrogens is 568 g/mol. The Morgan fingerprint density at radius 1 is 0.629 bits per heavy atom. The number of nitrogens with zero attached hydrogens (tertiary/aromatic N) is 2. The van der Waals surface area contributed by atoms with Gasteiger partial charge in [0.1, 0.15) is 22.5 Å². The van der Waals surface area contributed by atoms with Gasteiger partial charge in [-0.25, -0.2) is 0 Å². The topological polar surface area (TPSA) is 66.2 Å². The fraction of sp³-hybridized carbons (Fsp3) is 0.286. The van der Waals surface area contributed by atoms with Crippen LogP contribution in [0.15, 0.2) is 36.7 Å². The monoisotopic (exact) mass is 604 g/mol. The van der Waals surface area contributed by atoms with Crippen LogP contribution in [0.4, 0.5) is 0 Å². The van der Waals surface area contributed by atoms with Crippen LogP contribution >= 0.6 is 9.69 Å². The Morgan fingerprint density at radius 2 is 0.857 bits per heavy atom. The van der Waals surface area contributed by atoms with E-state index in [1.165, 1.54) is 57.9 Å². The van der Waals surface area contributed by atoms with Crippen LogP contribution in [-0.4, -0.2) is 20.2 Å². The summed E-state index contributed by atoms with van der Waals surface area (Å²) in [6.45, 7) is 17.3. The van der Waals surface area contributed by atoms with Gasteiger partial charge in [0.2, 0.25) is 0 Å². The Balaban J connectivity index is 0. The fourth-order valence-corrected chi connectivity index (χ4v) is 3.49. The number of halogens is 2. The first kappa shape index (κ1) is 35.1.